The van der Waals surface area contributed by atoms with Crippen LogP contribution < -0.4 is 10.0 Å². The van der Waals surface area contributed by atoms with Gasteiger partial charge in [0, 0.05) is 17.6 Å². The number of hydrogen-bond donors (Lipinski definition) is 3. The van der Waals surface area contributed by atoms with E-state index in [1.807, 2.05) is 0 Å². The Morgan fingerprint density at radius 3 is 1.96 bits per heavy atom. The van der Waals surface area contributed by atoms with Gasteiger partial charge in [-0.3, -0.25) is 4.79 Å². The molecular weight excluding hydrogens is 364 g/mol. The fraction of sp³-hybridized carbons (Fsp3) is 0.650. The number of amides is 1. The van der Waals surface area contributed by atoms with Crippen LogP contribution in [-0.2, 0) is 20.4 Å². The summed E-state index contributed by atoms with van der Waals surface area (Å²) in [6.07, 6.45) is 2.63. The number of rotatable bonds is 5. The smallest absolute Gasteiger partial charge is 0.227 e. The van der Waals surface area contributed by atoms with Crippen molar-refractivity contribution < 1.29 is 18.3 Å². The number of carbonyl (C=O) groups is 1. The second-order valence-corrected chi connectivity index (χ2v) is 11.4. The molecule has 1 aromatic carbocycles. The third-order valence-corrected chi connectivity index (χ3v) is 7.34. The van der Waals surface area contributed by atoms with Crippen molar-refractivity contribution in [3.05, 3.63) is 29.8 Å². The molecule has 0 heterocycles. The molecule has 0 aliphatic heterocycles. The zero-order valence-electron chi connectivity index (χ0n) is 16.9. The Hall–Kier alpha value is -1.44. The molecule has 7 heteroatoms. The van der Waals surface area contributed by atoms with Crippen LogP contribution >= 0.6 is 0 Å². The molecule has 0 saturated heterocycles. The molecule has 152 valence electrons. The lowest BCUT2D eigenvalue weighted by Gasteiger charge is -2.30. The predicted octanol–water partition coefficient (Wildman–Crippen LogP) is 3.13. The number of hydrogen-bond acceptors (Lipinski definition) is 4. The molecule has 1 aliphatic rings. The van der Waals surface area contributed by atoms with Crippen molar-refractivity contribution in [3.63, 3.8) is 0 Å². The number of benzene rings is 1. The van der Waals surface area contributed by atoms with E-state index in [2.05, 4.69) is 10.0 Å². The van der Waals surface area contributed by atoms with Crippen molar-refractivity contribution in [2.75, 3.05) is 5.32 Å². The van der Waals surface area contributed by atoms with Crippen LogP contribution in [0.4, 0.5) is 5.69 Å². The van der Waals surface area contributed by atoms with Gasteiger partial charge in [-0.1, -0.05) is 12.1 Å². The minimum atomic E-state index is -3.37. The molecule has 3 N–H and O–H groups in total. The van der Waals surface area contributed by atoms with Crippen LogP contribution in [0.3, 0.4) is 0 Å². The number of sulfonamides is 1. The van der Waals surface area contributed by atoms with Gasteiger partial charge in [0.1, 0.15) is 0 Å². The highest BCUT2D eigenvalue weighted by atomic mass is 32.2. The van der Waals surface area contributed by atoms with E-state index in [0.717, 1.165) is 5.56 Å². The first kappa shape index (κ1) is 21.9. The highest BCUT2D eigenvalue weighted by Gasteiger charge is 2.34. The summed E-state index contributed by atoms with van der Waals surface area (Å²) < 4.78 is 26.5. The molecule has 1 fully saturated rings. The molecular formula is C20H32N2O4S. The molecule has 0 atom stereocenters. The van der Waals surface area contributed by atoms with Crippen LogP contribution in [0.2, 0.25) is 0 Å². The van der Waals surface area contributed by atoms with Crippen molar-refractivity contribution >= 4 is 21.6 Å². The van der Waals surface area contributed by atoms with E-state index in [4.69, 9.17) is 0 Å². The first-order valence-corrected chi connectivity index (χ1v) is 10.9. The van der Waals surface area contributed by atoms with Crippen molar-refractivity contribution in [2.45, 2.75) is 76.7 Å². The minimum Gasteiger partial charge on any atom is -0.386 e. The van der Waals surface area contributed by atoms with Gasteiger partial charge in [-0.25, -0.2) is 13.1 Å². The molecule has 1 aliphatic carbocycles. The molecule has 2 rings (SSSR count). The molecule has 27 heavy (non-hydrogen) atoms. The van der Waals surface area contributed by atoms with Gasteiger partial charge in [0.2, 0.25) is 15.9 Å². The van der Waals surface area contributed by atoms with Crippen molar-refractivity contribution in [3.8, 4) is 0 Å². The first-order chi connectivity index (χ1) is 12.3. The average Bonchev–Trinajstić information content (AvgIpc) is 2.53. The van der Waals surface area contributed by atoms with Gasteiger partial charge in [0.05, 0.1) is 10.3 Å². The third kappa shape index (κ3) is 5.77. The van der Waals surface area contributed by atoms with E-state index in [9.17, 15) is 18.3 Å². The summed E-state index contributed by atoms with van der Waals surface area (Å²) in [5.74, 6) is -0.155. The number of anilines is 1. The van der Waals surface area contributed by atoms with Gasteiger partial charge in [-0.05, 0) is 78.0 Å². The predicted molar refractivity (Wildman–Crippen MR) is 108 cm³/mol. The lowest BCUT2D eigenvalue weighted by Crippen LogP contribution is -2.46. The van der Waals surface area contributed by atoms with E-state index in [1.165, 1.54) is 0 Å². The van der Waals surface area contributed by atoms with Gasteiger partial charge >= 0.3 is 0 Å². The number of nitrogens with one attached hydrogen (secondary N) is 2. The number of aliphatic hydroxyl groups is 1. The highest BCUT2D eigenvalue weighted by Crippen LogP contribution is 2.28. The standard InChI is InChI=1S/C20H32N2O4S/c1-19(2,3)27(25,26)22-17-10-6-14(7-11-17)18(23)21-16-12-8-15(9-13-16)20(4,5)24/h8-9,12-14,17,22,24H,6-7,10-11H2,1-5H3,(H,21,23). The van der Waals surface area contributed by atoms with E-state index in [-0.39, 0.29) is 17.9 Å². The lowest BCUT2D eigenvalue weighted by molar-refractivity contribution is -0.120. The van der Waals surface area contributed by atoms with Crippen molar-refractivity contribution in [2.24, 2.45) is 5.92 Å². The zero-order chi connectivity index (χ0) is 20.5. The van der Waals surface area contributed by atoms with Crippen LogP contribution in [0.1, 0.15) is 65.9 Å². The molecule has 0 spiro atoms. The van der Waals surface area contributed by atoms with E-state index >= 15 is 0 Å². The molecule has 0 bridgehead atoms. The Balaban J connectivity index is 1.88. The summed E-state index contributed by atoms with van der Waals surface area (Å²) in [5, 5.41) is 12.9. The van der Waals surface area contributed by atoms with Gasteiger partial charge in [-0.15, -0.1) is 0 Å². The zero-order valence-corrected chi connectivity index (χ0v) is 17.7. The fourth-order valence-corrected chi connectivity index (χ4v) is 4.10. The Kier molecular flexibility index (Phi) is 6.39. The maximum Gasteiger partial charge on any atom is 0.227 e. The lowest BCUT2D eigenvalue weighted by atomic mass is 9.86. The number of carbonyl (C=O) groups excluding carboxylic acids is 1. The maximum atomic E-state index is 12.5. The summed E-state index contributed by atoms with van der Waals surface area (Å²) in [7, 11) is -3.37. The minimum absolute atomic E-state index is 0.0388. The molecule has 0 unspecified atom stereocenters. The second-order valence-electron chi connectivity index (χ2n) is 8.91. The Bertz CT molecular complexity index is 751. The summed E-state index contributed by atoms with van der Waals surface area (Å²) in [5.41, 5.74) is 0.567. The third-order valence-electron chi connectivity index (χ3n) is 5.08. The molecule has 6 nitrogen and oxygen atoms in total. The fourth-order valence-electron chi connectivity index (χ4n) is 3.08. The Morgan fingerprint density at radius 2 is 1.52 bits per heavy atom. The Morgan fingerprint density at radius 1 is 1.00 bits per heavy atom. The topological polar surface area (TPSA) is 95.5 Å². The van der Waals surface area contributed by atoms with Gasteiger partial charge < -0.3 is 10.4 Å². The van der Waals surface area contributed by atoms with Crippen LogP contribution in [0, 0.1) is 5.92 Å². The monoisotopic (exact) mass is 396 g/mol. The first-order valence-electron chi connectivity index (χ1n) is 9.45. The molecule has 1 aromatic rings. The molecule has 1 amide bonds. The van der Waals surface area contributed by atoms with Crippen LogP contribution in [-0.4, -0.2) is 30.2 Å². The highest BCUT2D eigenvalue weighted by molar-refractivity contribution is 7.90. The maximum absolute atomic E-state index is 12.5. The second kappa shape index (κ2) is 7.89. The summed E-state index contributed by atoms with van der Waals surface area (Å²) in [6.45, 7) is 8.46. The van der Waals surface area contributed by atoms with Crippen molar-refractivity contribution in [1.82, 2.24) is 4.72 Å². The SMILES string of the molecule is CC(C)(O)c1ccc(NC(=O)C2CCC(NS(=O)(=O)C(C)(C)C)CC2)cc1. The summed E-state index contributed by atoms with van der Waals surface area (Å²) in [6, 6.07) is 7.06. The average molecular weight is 397 g/mol. The van der Waals surface area contributed by atoms with Crippen LogP contribution in [0.5, 0.6) is 0 Å². The van der Waals surface area contributed by atoms with E-state index in [1.54, 1.807) is 58.9 Å². The molecule has 0 aromatic heterocycles. The van der Waals surface area contributed by atoms with E-state index < -0.39 is 20.4 Å². The molecule has 1 saturated carbocycles. The molecule has 0 radical (unpaired) electrons. The normalized spacial score (nSPS) is 21.7. The quantitative estimate of drug-likeness (QED) is 0.712. The summed E-state index contributed by atoms with van der Waals surface area (Å²) in [4.78, 5) is 12.5. The van der Waals surface area contributed by atoms with Gasteiger partial charge in [-0.2, -0.15) is 0 Å². The van der Waals surface area contributed by atoms with Crippen LogP contribution in [0.15, 0.2) is 24.3 Å². The van der Waals surface area contributed by atoms with Gasteiger partial charge in [0.15, 0.2) is 0 Å². The Labute approximate surface area is 162 Å². The van der Waals surface area contributed by atoms with Gasteiger partial charge in [0.25, 0.3) is 0 Å². The van der Waals surface area contributed by atoms with E-state index in [0.29, 0.717) is 31.4 Å². The largest absolute Gasteiger partial charge is 0.386 e. The van der Waals surface area contributed by atoms with Crippen molar-refractivity contribution in [1.29, 1.82) is 0 Å². The summed E-state index contributed by atoms with van der Waals surface area (Å²) >= 11 is 0. The van der Waals surface area contributed by atoms with Crippen LogP contribution in [0.25, 0.3) is 0 Å².